The van der Waals surface area contributed by atoms with Crippen molar-refractivity contribution in [1.82, 2.24) is 0 Å². The molecule has 0 amide bonds. The number of carbonyl (C=O) groups is 3. The average molecular weight is 1040 g/mol. The first-order valence-corrected chi connectivity index (χ1v) is 29.1. The number of aliphatic hydroxyl groups excluding tert-OH is 2. The van der Waals surface area contributed by atoms with Crippen molar-refractivity contribution in [2.75, 3.05) is 18.5 Å². The van der Waals surface area contributed by atoms with E-state index in [1.54, 1.807) is 13.0 Å². The van der Waals surface area contributed by atoms with Crippen molar-refractivity contribution in [3.63, 3.8) is 0 Å². The number of phenolic OH excluding ortho intramolecular Hbond substituents is 1. The lowest BCUT2D eigenvalue weighted by Crippen LogP contribution is -2.65. The van der Waals surface area contributed by atoms with Crippen molar-refractivity contribution in [2.24, 2.45) is 29.6 Å². The standard InChI is InChI=1S/C64H79NO11/c1-63(72,22-23-74-50-15-6-7-16-50)37-65-48-26-40(36-66)25-45(30-48)42-18-19-43-35-58(69)76-61-51(43)33-46(60(70)59(61)41-12-3-2-4-13-41)34-57-64(73)54-17-8-5-14-44(54)32-52-53(56(68)21-20-55(52)64)28-39-11-9-10-38(24-39)27-49(67)31-47(29-42)62(71)75-57/h9-11,24-26,30-31,33,41-44,49-50,52-55,57,65-67,70,72-73H,2-8,12-17,20-23,27-29,32,34-37H2,1H3. The third kappa shape index (κ3) is 11.0. The lowest BCUT2D eigenvalue weighted by Gasteiger charge is -2.59. The van der Waals surface area contributed by atoms with Gasteiger partial charge >= 0.3 is 11.9 Å². The number of hydrogen-bond donors (Lipinski definition) is 6. The molecule has 11 atom stereocenters. The number of aromatic hydroxyl groups is 1. The van der Waals surface area contributed by atoms with Crippen molar-refractivity contribution in [3.05, 3.63) is 99.1 Å². The number of esters is 2. The van der Waals surface area contributed by atoms with Crippen molar-refractivity contribution >= 4 is 23.4 Å². The van der Waals surface area contributed by atoms with E-state index >= 15 is 4.79 Å². The number of Topliss-reactive ketones (excluding diaryl/α,β-unsaturated/α-hetero) is 1. The number of fused-ring (bicyclic) bond motifs is 9. The molecule has 10 bridgehead atoms. The molecule has 0 spiro atoms. The number of rotatable bonds is 10. The van der Waals surface area contributed by atoms with E-state index < -0.39 is 47.2 Å². The van der Waals surface area contributed by atoms with Crippen molar-refractivity contribution < 1.29 is 54.1 Å². The van der Waals surface area contributed by atoms with Crippen molar-refractivity contribution in [3.8, 4) is 23.3 Å². The number of aliphatic hydroxyl groups is 4. The van der Waals surface area contributed by atoms with Crippen LogP contribution in [0.25, 0.3) is 0 Å². The molecule has 0 radical (unpaired) electrons. The van der Waals surface area contributed by atoms with Crippen LogP contribution in [0.15, 0.2) is 60.2 Å². The van der Waals surface area contributed by atoms with E-state index in [9.17, 15) is 35.1 Å². The predicted molar refractivity (Wildman–Crippen MR) is 288 cm³/mol. The highest BCUT2D eigenvalue weighted by Gasteiger charge is 2.62. The third-order valence-corrected chi connectivity index (χ3v) is 19.3. The highest BCUT2D eigenvalue weighted by Crippen LogP contribution is 2.59. The van der Waals surface area contributed by atoms with Crippen LogP contribution >= 0.6 is 0 Å². The lowest BCUT2D eigenvalue weighted by molar-refractivity contribution is -0.228. The monoisotopic (exact) mass is 1040 g/mol. The maximum Gasteiger partial charge on any atom is 0.334 e. The normalized spacial score (nSPS) is 31.8. The van der Waals surface area contributed by atoms with E-state index in [0.29, 0.717) is 71.5 Å². The van der Waals surface area contributed by atoms with Gasteiger partial charge < -0.3 is 45.1 Å². The summed E-state index contributed by atoms with van der Waals surface area (Å²) in [6.07, 6.45) is 14.5. The minimum absolute atomic E-state index is 0.00812. The van der Waals surface area contributed by atoms with Crippen LogP contribution in [-0.4, -0.2) is 85.9 Å². The maximum atomic E-state index is 15.7. The number of benzene rings is 3. The van der Waals surface area contributed by atoms with Gasteiger partial charge in [0.2, 0.25) is 0 Å². The fourth-order valence-electron chi connectivity index (χ4n) is 15.5. The molecule has 3 aromatic carbocycles. The molecule has 8 aliphatic rings. The number of hydrogen-bond acceptors (Lipinski definition) is 12. The molecule has 5 fully saturated rings. The summed E-state index contributed by atoms with van der Waals surface area (Å²) in [6, 6.07) is 15.5. The Morgan fingerprint density at radius 1 is 0.829 bits per heavy atom. The second kappa shape index (κ2) is 22.4. The molecular weight excluding hydrogens is 959 g/mol. The zero-order chi connectivity index (χ0) is 52.7. The van der Waals surface area contributed by atoms with Crippen molar-refractivity contribution in [2.45, 2.75) is 202 Å². The fourth-order valence-corrected chi connectivity index (χ4v) is 15.5. The Bertz CT molecular complexity index is 2760. The van der Waals surface area contributed by atoms with Gasteiger partial charge in [0.1, 0.15) is 29.0 Å². The summed E-state index contributed by atoms with van der Waals surface area (Å²) < 4.78 is 19.3. The number of ketones is 1. The Morgan fingerprint density at radius 2 is 1.58 bits per heavy atom. The second-order valence-electron chi connectivity index (χ2n) is 24.6. The molecule has 5 saturated carbocycles. The Labute approximate surface area is 448 Å². The van der Waals surface area contributed by atoms with Crippen molar-refractivity contribution in [1.29, 1.82) is 0 Å². The molecule has 11 rings (SSSR count). The van der Waals surface area contributed by atoms with Gasteiger partial charge in [0.15, 0.2) is 0 Å². The molecule has 3 aromatic rings. The van der Waals surface area contributed by atoms with Gasteiger partial charge in [0.25, 0.3) is 0 Å². The van der Waals surface area contributed by atoms with Gasteiger partial charge in [-0.2, -0.15) is 0 Å². The van der Waals surface area contributed by atoms with Crippen LogP contribution in [0.3, 0.4) is 0 Å². The first-order valence-electron chi connectivity index (χ1n) is 29.1. The second-order valence-corrected chi connectivity index (χ2v) is 24.6. The summed E-state index contributed by atoms with van der Waals surface area (Å²) in [7, 11) is 0. The summed E-state index contributed by atoms with van der Waals surface area (Å²) in [4.78, 5) is 43.9. The van der Waals surface area contributed by atoms with E-state index in [2.05, 4.69) is 23.2 Å². The zero-order valence-corrected chi connectivity index (χ0v) is 44.4. The Morgan fingerprint density at radius 3 is 2.38 bits per heavy atom. The molecule has 5 aliphatic carbocycles. The largest absolute Gasteiger partial charge is 0.507 e. The van der Waals surface area contributed by atoms with Crippen LogP contribution < -0.4 is 10.1 Å². The zero-order valence-electron chi connectivity index (χ0n) is 44.4. The van der Waals surface area contributed by atoms with Crippen LogP contribution in [0.5, 0.6) is 11.5 Å². The number of phenols is 1. The summed E-state index contributed by atoms with van der Waals surface area (Å²) >= 11 is 0. The van der Waals surface area contributed by atoms with Gasteiger partial charge in [-0.15, -0.1) is 0 Å². The molecule has 6 N–H and O–H groups in total. The molecule has 3 heterocycles. The predicted octanol–water partition coefficient (Wildman–Crippen LogP) is 9.72. The fraction of sp³-hybridized carbons (Fsp3) is 0.609. The molecule has 12 heteroatoms. The van der Waals surface area contributed by atoms with Gasteiger partial charge in [-0.3, -0.25) is 9.59 Å². The summed E-state index contributed by atoms with van der Waals surface area (Å²) in [5.74, 6) is 3.82. The summed E-state index contributed by atoms with van der Waals surface area (Å²) in [5.41, 5.74) is 2.92. The first kappa shape index (κ1) is 53.0. The number of ether oxygens (including phenoxy) is 3. The van der Waals surface area contributed by atoms with E-state index in [-0.39, 0.29) is 97.6 Å². The Kier molecular flexibility index (Phi) is 15.6. The maximum absolute atomic E-state index is 15.7. The van der Waals surface area contributed by atoms with Gasteiger partial charge in [-0.05, 0) is 146 Å². The molecular formula is C64H79NO11. The summed E-state index contributed by atoms with van der Waals surface area (Å²) in [5, 5.41) is 64.9. The average Bonchev–Trinajstić information content (AvgIpc) is 4.04. The van der Waals surface area contributed by atoms with Crippen LogP contribution in [0.2, 0.25) is 0 Å². The summed E-state index contributed by atoms with van der Waals surface area (Å²) in [6.45, 7) is 2.11. The van der Waals surface area contributed by atoms with Gasteiger partial charge in [-0.25, -0.2) is 4.79 Å². The first-order chi connectivity index (χ1) is 36.7. The third-order valence-electron chi connectivity index (χ3n) is 19.3. The van der Waals surface area contributed by atoms with Crippen LogP contribution in [0.4, 0.5) is 5.69 Å². The van der Waals surface area contributed by atoms with E-state index in [1.165, 1.54) is 0 Å². The highest BCUT2D eigenvalue weighted by molar-refractivity contribution is 5.89. The van der Waals surface area contributed by atoms with Crippen LogP contribution in [-0.2, 0) is 49.7 Å². The van der Waals surface area contributed by atoms with E-state index in [1.807, 2.05) is 42.5 Å². The number of anilines is 1. The molecule has 12 nitrogen and oxygen atoms in total. The lowest BCUT2D eigenvalue weighted by atomic mass is 9.48. The molecule has 11 unspecified atom stereocenters. The molecule has 0 aromatic heterocycles. The van der Waals surface area contributed by atoms with Gasteiger partial charge in [0.05, 0.1) is 36.8 Å². The quantitative estimate of drug-likeness (QED) is 0.0641. The molecule has 76 heavy (non-hydrogen) atoms. The topological polar surface area (TPSA) is 192 Å². The van der Waals surface area contributed by atoms with Gasteiger partial charge in [0, 0.05) is 73.1 Å². The Balaban J connectivity index is 1.07. The van der Waals surface area contributed by atoms with Crippen LogP contribution in [0.1, 0.15) is 186 Å². The van der Waals surface area contributed by atoms with E-state index in [4.69, 9.17) is 14.2 Å². The van der Waals surface area contributed by atoms with Gasteiger partial charge in [-0.1, -0.05) is 93.5 Å². The van der Waals surface area contributed by atoms with E-state index in [0.717, 1.165) is 101 Å². The van der Waals surface area contributed by atoms with Crippen LogP contribution in [0, 0.1) is 41.4 Å². The Hall–Kier alpha value is -5.03. The number of nitrogens with one attached hydrogen (secondary N) is 1. The SMILES string of the molecule is CC(O)(CCOC1CCCC1)CNc1cc(CO)cc(C2C#CC3CC(=O)Oc4c3cc(c(O)c4C3CCCCC3)CC3OC(=O)C(=CC(O)Cc4cccc(c4)CC4C(=O)CCC5C4CC4CCCCC4C35O)C2)c1. The highest BCUT2D eigenvalue weighted by atomic mass is 16.6. The smallest absolute Gasteiger partial charge is 0.334 e. The minimum Gasteiger partial charge on any atom is -0.507 e. The molecule has 406 valence electrons. The minimum atomic E-state index is -1.59. The number of carbonyl (C=O) groups excluding carboxylic acids is 3. The molecule has 0 saturated heterocycles. The molecule has 3 aliphatic heterocycles.